The molecule has 0 aromatic heterocycles. The Kier molecular flexibility index (Phi) is 95.5. The minimum atomic E-state index is 0. The van der Waals surface area contributed by atoms with Gasteiger partial charge in [-0.3, -0.25) is 0 Å². The van der Waals surface area contributed by atoms with Crippen LogP contribution in [0.15, 0.2) is 0 Å². The van der Waals surface area contributed by atoms with Gasteiger partial charge >= 0.3 is 0 Å². The standard InChI is InChI=1S/3Ce.H2O/h;;;1H2. The molecule has 0 spiro atoms. The van der Waals surface area contributed by atoms with Crippen molar-refractivity contribution in [2.45, 2.75) is 0 Å². The van der Waals surface area contributed by atoms with Gasteiger partial charge in [-0.15, -0.1) is 0 Å². The Labute approximate surface area is 126 Å². The molecule has 0 radical (unpaired) electrons. The van der Waals surface area contributed by atoms with E-state index < -0.39 is 0 Å². The van der Waals surface area contributed by atoms with E-state index in [-0.39, 0.29) is 131 Å². The van der Waals surface area contributed by atoms with Crippen molar-refractivity contribution < 1.29 is 131 Å². The molecule has 0 heterocycles. The molecule has 0 bridgehead atoms. The van der Waals surface area contributed by atoms with Gasteiger partial charge in [-0.1, -0.05) is 0 Å². The molecule has 4 heteroatoms. The predicted octanol–water partition coefficient (Wildman–Crippen LogP) is -0.825. The van der Waals surface area contributed by atoms with Crippen LogP contribution in [0.5, 0.6) is 0 Å². The van der Waals surface area contributed by atoms with Gasteiger partial charge in [0, 0.05) is 125 Å². The summed E-state index contributed by atoms with van der Waals surface area (Å²) >= 11 is 0. The van der Waals surface area contributed by atoms with E-state index in [1.54, 1.807) is 0 Å². The first-order valence-electron chi connectivity index (χ1n) is 0. The van der Waals surface area contributed by atoms with Crippen molar-refractivity contribution in [1.82, 2.24) is 0 Å². The van der Waals surface area contributed by atoms with Gasteiger partial charge in [-0.25, -0.2) is 0 Å². The summed E-state index contributed by atoms with van der Waals surface area (Å²) in [5, 5.41) is 0. The topological polar surface area (TPSA) is 31.5 Å². The minimum absolute atomic E-state index is 0. The Bertz CT molecular complexity index is 3.25. The molecule has 1 nitrogen and oxygen atoms in total. The van der Waals surface area contributed by atoms with Gasteiger partial charge in [-0.2, -0.15) is 0 Å². The maximum Gasteiger partial charge on any atom is 0 e. The molecule has 0 aliphatic rings. The van der Waals surface area contributed by atoms with Crippen LogP contribution in [0, 0.1) is 125 Å². The molecule has 0 fully saturated rings. The molecular weight excluding hydrogens is 436 g/mol. The fourth-order valence-corrected chi connectivity index (χ4v) is 0. The molecule has 0 rings (SSSR count). The molecule has 0 saturated heterocycles. The van der Waals surface area contributed by atoms with Crippen LogP contribution in [-0.4, -0.2) is 5.48 Å². The summed E-state index contributed by atoms with van der Waals surface area (Å²) in [4.78, 5) is 0. The second-order valence-electron chi connectivity index (χ2n) is 0. The SMILES string of the molecule is O.[Ce].[Ce].[Ce]. The maximum atomic E-state index is 0. The molecule has 0 saturated carbocycles. The maximum absolute atomic E-state index is 0. The van der Waals surface area contributed by atoms with Crippen LogP contribution in [0.4, 0.5) is 0 Å². The fourth-order valence-electron chi connectivity index (χ4n) is 0. The van der Waals surface area contributed by atoms with Gasteiger partial charge in [0.2, 0.25) is 0 Å². The summed E-state index contributed by atoms with van der Waals surface area (Å²) in [5.74, 6) is 0. The average molecular weight is 438 g/mol. The Balaban J connectivity index is 0. The summed E-state index contributed by atoms with van der Waals surface area (Å²) in [6.45, 7) is 0. The number of hydrogen-bond acceptors (Lipinski definition) is 0. The molecule has 0 unspecified atom stereocenters. The molecule has 0 aliphatic carbocycles. The zero-order chi connectivity index (χ0) is 0. The first kappa shape index (κ1) is 24.3. The van der Waals surface area contributed by atoms with E-state index in [1.807, 2.05) is 0 Å². The number of rotatable bonds is 0. The quantitative estimate of drug-likeness (QED) is 0.474. The molecule has 4 heavy (non-hydrogen) atoms. The molecule has 0 aliphatic heterocycles. The van der Waals surface area contributed by atoms with Crippen LogP contribution in [0.1, 0.15) is 0 Å². The minimum Gasteiger partial charge on any atom is -0.412 e. The molecule has 0 amide bonds. The molecular formula is H2Ce3O. The van der Waals surface area contributed by atoms with Crippen molar-refractivity contribution >= 4 is 0 Å². The van der Waals surface area contributed by atoms with Gasteiger partial charge in [-0.05, 0) is 0 Å². The fraction of sp³-hybridized carbons (Fsp3) is 0. The third-order valence-electron chi connectivity index (χ3n) is 0. The van der Waals surface area contributed by atoms with Crippen LogP contribution in [-0.2, 0) is 0 Å². The van der Waals surface area contributed by atoms with E-state index >= 15 is 0 Å². The van der Waals surface area contributed by atoms with E-state index in [9.17, 15) is 0 Å². The van der Waals surface area contributed by atoms with Crippen LogP contribution in [0.25, 0.3) is 0 Å². The Morgan fingerprint density at radius 1 is 0.500 bits per heavy atom. The van der Waals surface area contributed by atoms with Crippen molar-refractivity contribution in [2.75, 3.05) is 0 Å². The van der Waals surface area contributed by atoms with E-state index in [4.69, 9.17) is 0 Å². The average Bonchev–Trinajstić information content (AvgIpc) is 0. The van der Waals surface area contributed by atoms with E-state index in [0.29, 0.717) is 0 Å². The number of hydrogen-bond donors (Lipinski definition) is 0. The third-order valence-corrected chi connectivity index (χ3v) is 0. The summed E-state index contributed by atoms with van der Waals surface area (Å²) in [6, 6.07) is 0. The van der Waals surface area contributed by atoms with Crippen LogP contribution >= 0.6 is 0 Å². The van der Waals surface area contributed by atoms with E-state index in [0.717, 1.165) is 0 Å². The molecule has 0 atom stereocenters. The van der Waals surface area contributed by atoms with Gasteiger partial charge in [0.25, 0.3) is 0 Å². The van der Waals surface area contributed by atoms with Crippen LogP contribution in [0.2, 0.25) is 0 Å². The molecule has 0 aromatic carbocycles. The van der Waals surface area contributed by atoms with Crippen molar-refractivity contribution in [3.05, 3.63) is 0 Å². The molecule has 20 valence electrons. The van der Waals surface area contributed by atoms with E-state index in [2.05, 4.69) is 0 Å². The summed E-state index contributed by atoms with van der Waals surface area (Å²) in [5.41, 5.74) is 0. The molecule has 2 N–H and O–H groups in total. The first-order valence-corrected chi connectivity index (χ1v) is 0. The normalized spacial score (nSPS) is 0. The Morgan fingerprint density at radius 2 is 0.500 bits per heavy atom. The summed E-state index contributed by atoms with van der Waals surface area (Å²) < 4.78 is 0. The van der Waals surface area contributed by atoms with Crippen molar-refractivity contribution in [1.29, 1.82) is 0 Å². The zero-order valence-electron chi connectivity index (χ0n) is 2.00. The Hall–Kier alpha value is 4.09. The van der Waals surface area contributed by atoms with Gasteiger partial charge in [0.15, 0.2) is 0 Å². The smallest absolute Gasteiger partial charge is 0 e. The molecule has 0 aromatic rings. The predicted molar refractivity (Wildman–Crippen MR) is 3.61 cm³/mol. The van der Waals surface area contributed by atoms with Crippen LogP contribution < -0.4 is 0 Å². The van der Waals surface area contributed by atoms with Crippen LogP contribution in [0.3, 0.4) is 0 Å². The Morgan fingerprint density at radius 3 is 0.500 bits per heavy atom. The third kappa shape index (κ3) is 9.43. The van der Waals surface area contributed by atoms with Gasteiger partial charge < -0.3 is 5.48 Å². The van der Waals surface area contributed by atoms with Gasteiger partial charge in [0.1, 0.15) is 0 Å². The first-order chi connectivity index (χ1) is 0. The summed E-state index contributed by atoms with van der Waals surface area (Å²) in [7, 11) is 0. The van der Waals surface area contributed by atoms with E-state index in [1.165, 1.54) is 0 Å². The second kappa shape index (κ2) is 15.7. The van der Waals surface area contributed by atoms with Crippen molar-refractivity contribution in [3.8, 4) is 0 Å². The van der Waals surface area contributed by atoms with Gasteiger partial charge in [0.05, 0.1) is 0 Å². The second-order valence-corrected chi connectivity index (χ2v) is 0. The largest absolute Gasteiger partial charge is 0.412 e. The summed E-state index contributed by atoms with van der Waals surface area (Å²) in [6.07, 6.45) is 0. The zero-order valence-corrected chi connectivity index (χ0v) is 11.4. The van der Waals surface area contributed by atoms with Crippen molar-refractivity contribution in [2.24, 2.45) is 0 Å². The monoisotopic (exact) mass is 438 g/mol. The van der Waals surface area contributed by atoms with Crippen molar-refractivity contribution in [3.63, 3.8) is 0 Å².